The molecule has 1 fully saturated rings. The maximum atomic E-state index is 5.53. The number of nitrogens with zero attached hydrogens (tertiary/aromatic N) is 4. The SMILES string of the molecule is CCOc1ccc(-c2[nH]ncc2CN2CCN(c3nccs3)CC2)cc1. The molecule has 1 aliphatic rings. The second-order valence-electron chi connectivity index (χ2n) is 6.31. The molecule has 0 spiro atoms. The van der Waals surface area contributed by atoms with E-state index >= 15 is 0 Å². The second-order valence-corrected chi connectivity index (χ2v) is 7.18. The van der Waals surface area contributed by atoms with Gasteiger partial charge in [-0.05, 0) is 31.2 Å². The first-order valence-corrected chi connectivity index (χ1v) is 9.83. The summed E-state index contributed by atoms with van der Waals surface area (Å²) in [6.45, 7) is 7.69. The Morgan fingerprint density at radius 2 is 1.96 bits per heavy atom. The predicted octanol–water partition coefficient (Wildman–Crippen LogP) is 3.25. The molecule has 0 saturated carbocycles. The fourth-order valence-corrected chi connectivity index (χ4v) is 3.97. The van der Waals surface area contributed by atoms with Crippen LogP contribution in [-0.4, -0.2) is 52.9 Å². The minimum absolute atomic E-state index is 0.682. The van der Waals surface area contributed by atoms with E-state index in [1.165, 1.54) is 5.56 Å². The normalized spacial score (nSPS) is 15.3. The minimum Gasteiger partial charge on any atom is -0.494 e. The standard InChI is InChI=1S/C19H23N5OS/c1-2-25-17-5-3-15(4-6-17)18-16(13-21-22-18)14-23-8-10-24(11-9-23)19-20-7-12-26-19/h3-7,12-13H,2,8-11,14H2,1H3,(H,21,22). The van der Waals surface area contributed by atoms with Crippen molar-refractivity contribution in [3.63, 3.8) is 0 Å². The van der Waals surface area contributed by atoms with E-state index in [0.717, 1.165) is 54.9 Å². The smallest absolute Gasteiger partial charge is 0.185 e. The molecule has 0 bridgehead atoms. The third-order valence-electron chi connectivity index (χ3n) is 4.63. The average molecular weight is 369 g/mol. The monoisotopic (exact) mass is 369 g/mol. The Bertz CT molecular complexity index is 807. The highest BCUT2D eigenvalue weighted by atomic mass is 32.1. The lowest BCUT2D eigenvalue weighted by Gasteiger charge is -2.34. The van der Waals surface area contributed by atoms with Crippen molar-refractivity contribution in [3.8, 4) is 17.0 Å². The van der Waals surface area contributed by atoms with Gasteiger partial charge in [-0.25, -0.2) is 4.98 Å². The Balaban J connectivity index is 1.40. The second kappa shape index (κ2) is 7.88. The topological polar surface area (TPSA) is 57.3 Å². The number of aromatic nitrogens is 3. The summed E-state index contributed by atoms with van der Waals surface area (Å²) in [5, 5.41) is 10.6. The Kier molecular flexibility index (Phi) is 5.17. The molecule has 3 aromatic rings. The predicted molar refractivity (Wildman–Crippen MR) is 105 cm³/mol. The Labute approximate surface area is 157 Å². The minimum atomic E-state index is 0.682. The molecule has 1 saturated heterocycles. The van der Waals surface area contributed by atoms with Crippen molar-refractivity contribution < 1.29 is 4.74 Å². The number of piperazine rings is 1. The summed E-state index contributed by atoms with van der Waals surface area (Å²) in [4.78, 5) is 9.26. The fourth-order valence-electron chi connectivity index (χ4n) is 3.28. The van der Waals surface area contributed by atoms with Crippen LogP contribution in [-0.2, 0) is 6.54 Å². The van der Waals surface area contributed by atoms with E-state index < -0.39 is 0 Å². The highest BCUT2D eigenvalue weighted by Gasteiger charge is 2.20. The number of thiazole rings is 1. The fraction of sp³-hybridized carbons (Fsp3) is 0.368. The zero-order valence-corrected chi connectivity index (χ0v) is 15.7. The highest BCUT2D eigenvalue weighted by molar-refractivity contribution is 7.13. The number of aromatic amines is 1. The van der Waals surface area contributed by atoms with Crippen LogP contribution in [0.25, 0.3) is 11.3 Å². The summed E-state index contributed by atoms with van der Waals surface area (Å²) in [5.41, 5.74) is 3.47. The van der Waals surface area contributed by atoms with Crippen molar-refractivity contribution in [1.29, 1.82) is 0 Å². The molecule has 3 heterocycles. The van der Waals surface area contributed by atoms with Crippen LogP contribution in [0, 0.1) is 0 Å². The van der Waals surface area contributed by atoms with Gasteiger partial charge in [-0.1, -0.05) is 0 Å². The van der Waals surface area contributed by atoms with Crippen LogP contribution >= 0.6 is 11.3 Å². The van der Waals surface area contributed by atoms with E-state index in [0.29, 0.717) is 6.61 Å². The van der Waals surface area contributed by atoms with E-state index in [1.807, 2.05) is 36.8 Å². The van der Waals surface area contributed by atoms with Crippen molar-refractivity contribution in [2.45, 2.75) is 13.5 Å². The molecule has 1 N–H and O–H groups in total. The van der Waals surface area contributed by atoms with Gasteiger partial charge in [0, 0.05) is 55.4 Å². The van der Waals surface area contributed by atoms with E-state index in [-0.39, 0.29) is 0 Å². The summed E-state index contributed by atoms with van der Waals surface area (Å²) < 4.78 is 5.53. The summed E-state index contributed by atoms with van der Waals surface area (Å²) in [7, 11) is 0. The molecule has 2 aromatic heterocycles. The molecule has 1 aliphatic heterocycles. The van der Waals surface area contributed by atoms with E-state index in [1.54, 1.807) is 11.3 Å². The van der Waals surface area contributed by atoms with E-state index in [4.69, 9.17) is 4.74 Å². The molecular formula is C19H23N5OS. The number of nitrogens with one attached hydrogen (secondary N) is 1. The van der Waals surface area contributed by atoms with Gasteiger partial charge < -0.3 is 9.64 Å². The van der Waals surface area contributed by atoms with Gasteiger partial charge in [-0.2, -0.15) is 5.10 Å². The lowest BCUT2D eigenvalue weighted by Crippen LogP contribution is -2.45. The maximum Gasteiger partial charge on any atom is 0.185 e. The molecule has 26 heavy (non-hydrogen) atoms. The Morgan fingerprint density at radius 3 is 2.65 bits per heavy atom. The van der Waals surface area contributed by atoms with Gasteiger partial charge in [-0.15, -0.1) is 11.3 Å². The molecule has 0 atom stereocenters. The van der Waals surface area contributed by atoms with Gasteiger partial charge in [-0.3, -0.25) is 10.00 Å². The lowest BCUT2D eigenvalue weighted by atomic mass is 10.1. The first kappa shape index (κ1) is 17.1. The molecule has 0 amide bonds. The number of rotatable bonds is 6. The van der Waals surface area contributed by atoms with Gasteiger partial charge in [0.25, 0.3) is 0 Å². The number of hydrogen-bond donors (Lipinski definition) is 1. The molecule has 1 aromatic carbocycles. The largest absolute Gasteiger partial charge is 0.494 e. The number of benzene rings is 1. The summed E-state index contributed by atoms with van der Waals surface area (Å²) >= 11 is 1.71. The third kappa shape index (κ3) is 3.73. The van der Waals surface area contributed by atoms with E-state index in [2.05, 4.69) is 37.1 Å². The number of H-pyrrole nitrogens is 1. The molecule has 0 radical (unpaired) electrons. The summed E-state index contributed by atoms with van der Waals surface area (Å²) in [5.74, 6) is 0.899. The van der Waals surface area contributed by atoms with Crippen molar-refractivity contribution in [1.82, 2.24) is 20.1 Å². The van der Waals surface area contributed by atoms with Gasteiger partial charge in [0.2, 0.25) is 0 Å². The first-order valence-electron chi connectivity index (χ1n) is 8.96. The highest BCUT2D eigenvalue weighted by Crippen LogP contribution is 2.25. The van der Waals surface area contributed by atoms with Gasteiger partial charge in [0.15, 0.2) is 5.13 Å². The van der Waals surface area contributed by atoms with Gasteiger partial charge in [0.05, 0.1) is 18.5 Å². The van der Waals surface area contributed by atoms with Crippen LogP contribution in [0.4, 0.5) is 5.13 Å². The van der Waals surface area contributed by atoms with E-state index in [9.17, 15) is 0 Å². The number of ether oxygens (including phenoxy) is 1. The third-order valence-corrected chi connectivity index (χ3v) is 5.46. The van der Waals surface area contributed by atoms with Crippen molar-refractivity contribution in [2.24, 2.45) is 0 Å². The van der Waals surface area contributed by atoms with Crippen LogP contribution in [0.2, 0.25) is 0 Å². The molecule has 7 heteroatoms. The molecular weight excluding hydrogens is 346 g/mol. The zero-order valence-electron chi connectivity index (χ0n) is 14.9. The quantitative estimate of drug-likeness (QED) is 0.723. The maximum absolute atomic E-state index is 5.53. The Hall–Kier alpha value is -2.38. The average Bonchev–Trinajstić information content (AvgIpc) is 3.36. The van der Waals surface area contributed by atoms with Crippen LogP contribution in [0.1, 0.15) is 12.5 Å². The van der Waals surface area contributed by atoms with Crippen LogP contribution in [0.15, 0.2) is 42.0 Å². The molecule has 0 unspecified atom stereocenters. The Morgan fingerprint density at radius 1 is 1.15 bits per heavy atom. The first-order chi connectivity index (χ1) is 12.8. The van der Waals surface area contributed by atoms with Crippen molar-refractivity contribution >= 4 is 16.5 Å². The van der Waals surface area contributed by atoms with Crippen LogP contribution < -0.4 is 9.64 Å². The van der Waals surface area contributed by atoms with Crippen LogP contribution in [0.5, 0.6) is 5.75 Å². The van der Waals surface area contributed by atoms with Crippen LogP contribution in [0.3, 0.4) is 0 Å². The zero-order chi connectivity index (χ0) is 17.8. The van der Waals surface area contributed by atoms with Crippen molar-refractivity contribution in [3.05, 3.63) is 47.6 Å². The molecule has 4 rings (SSSR count). The number of hydrogen-bond acceptors (Lipinski definition) is 6. The summed E-state index contributed by atoms with van der Waals surface area (Å²) in [6, 6.07) is 8.19. The lowest BCUT2D eigenvalue weighted by molar-refractivity contribution is 0.250. The van der Waals surface area contributed by atoms with Gasteiger partial charge in [0.1, 0.15) is 5.75 Å². The number of anilines is 1. The summed E-state index contributed by atoms with van der Waals surface area (Å²) in [6.07, 6.45) is 3.82. The molecule has 6 nitrogen and oxygen atoms in total. The molecule has 136 valence electrons. The van der Waals surface area contributed by atoms with Gasteiger partial charge >= 0.3 is 0 Å². The van der Waals surface area contributed by atoms with Crippen molar-refractivity contribution in [2.75, 3.05) is 37.7 Å². The molecule has 0 aliphatic carbocycles.